The third-order valence-electron chi connectivity index (χ3n) is 5.31. The second-order valence-electron chi connectivity index (χ2n) is 7.70. The lowest BCUT2D eigenvalue weighted by molar-refractivity contribution is -0.125. The summed E-state index contributed by atoms with van der Waals surface area (Å²) in [6, 6.07) is 6.05. The van der Waals surface area contributed by atoms with E-state index in [0.717, 1.165) is 50.5 Å². The van der Waals surface area contributed by atoms with E-state index in [-0.39, 0.29) is 5.91 Å². The molecular formula is C24H36N4O2. The molecule has 1 aliphatic heterocycles. The number of ether oxygens (including phenoxy) is 1. The molecule has 30 heavy (non-hydrogen) atoms. The van der Waals surface area contributed by atoms with Crippen molar-refractivity contribution in [3.8, 4) is 0 Å². The van der Waals surface area contributed by atoms with Crippen LogP contribution in [-0.4, -0.2) is 73.6 Å². The Bertz CT molecular complexity index is 746. The molecule has 1 fully saturated rings. The molecule has 0 aromatic carbocycles. The summed E-state index contributed by atoms with van der Waals surface area (Å²) in [6.45, 7) is 16.0. The van der Waals surface area contributed by atoms with Crippen molar-refractivity contribution in [2.75, 3.05) is 57.8 Å². The molecule has 2 heterocycles. The topological polar surface area (TPSA) is 48.9 Å². The molecule has 1 saturated heterocycles. The number of carbonyl (C=O) groups excluding carboxylic acids is 1. The predicted molar refractivity (Wildman–Crippen MR) is 123 cm³/mol. The van der Waals surface area contributed by atoms with Crippen LogP contribution in [0.5, 0.6) is 0 Å². The number of piperazine rings is 1. The van der Waals surface area contributed by atoms with Gasteiger partial charge in [0.2, 0.25) is 0 Å². The van der Waals surface area contributed by atoms with Crippen LogP contribution >= 0.6 is 0 Å². The van der Waals surface area contributed by atoms with Gasteiger partial charge in [-0.05, 0) is 51.5 Å². The van der Waals surface area contributed by atoms with Crippen molar-refractivity contribution >= 4 is 11.7 Å². The molecule has 0 unspecified atom stereocenters. The summed E-state index contributed by atoms with van der Waals surface area (Å²) in [6.07, 6.45) is 6.26. The third kappa shape index (κ3) is 7.02. The van der Waals surface area contributed by atoms with Crippen LogP contribution in [0.3, 0.4) is 0 Å². The van der Waals surface area contributed by atoms with Gasteiger partial charge in [-0.1, -0.05) is 18.2 Å². The average molecular weight is 413 g/mol. The minimum atomic E-state index is 0.00577. The number of nitrogens with zero attached hydrogens (tertiary/aromatic N) is 4. The van der Waals surface area contributed by atoms with E-state index in [2.05, 4.69) is 27.4 Å². The Balaban J connectivity index is 1.78. The predicted octanol–water partition coefficient (Wildman–Crippen LogP) is 3.49. The normalized spacial score (nSPS) is 14.9. The molecule has 1 aromatic rings. The van der Waals surface area contributed by atoms with Crippen molar-refractivity contribution in [2.45, 2.75) is 27.2 Å². The number of allylic oxidation sites excluding steroid dienone is 2. The van der Waals surface area contributed by atoms with Gasteiger partial charge in [-0.15, -0.1) is 0 Å². The van der Waals surface area contributed by atoms with Gasteiger partial charge in [-0.3, -0.25) is 9.69 Å². The Kier molecular flexibility index (Phi) is 9.61. The van der Waals surface area contributed by atoms with Crippen molar-refractivity contribution in [1.29, 1.82) is 0 Å². The van der Waals surface area contributed by atoms with Gasteiger partial charge >= 0.3 is 0 Å². The average Bonchev–Trinajstić information content (AvgIpc) is 2.78. The second-order valence-corrected chi connectivity index (χ2v) is 7.70. The molecule has 2 rings (SSSR count). The van der Waals surface area contributed by atoms with E-state index in [1.54, 1.807) is 18.0 Å². The van der Waals surface area contributed by atoms with E-state index < -0.39 is 0 Å². The standard InChI is InChI=1S/C24H36N4O2/c1-6-21(19-22(20(3)4)24(29)26(5)7-2)30-18-10-13-27-14-16-28(17-15-27)23-11-8-9-12-25-23/h6,8-9,11-12,19H,1,7,10,13-18H2,2-5H3/b21-19+. The van der Waals surface area contributed by atoms with Crippen LogP contribution in [0, 0.1) is 0 Å². The number of hydrogen-bond donors (Lipinski definition) is 0. The molecule has 164 valence electrons. The minimum absolute atomic E-state index is 0.00577. The molecule has 0 saturated carbocycles. The number of aromatic nitrogens is 1. The largest absolute Gasteiger partial charge is 0.494 e. The SMILES string of the molecule is C=C/C(=C\C(C(=O)N(C)CC)=C(C)C)OCCCN1CCN(c2ccccn2)CC1. The Morgan fingerprint density at radius 3 is 2.57 bits per heavy atom. The molecule has 6 nitrogen and oxygen atoms in total. The van der Waals surface area contributed by atoms with Gasteiger partial charge in [-0.25, -0.2) is 4.98 Å². The molecule has 1 aliphatic rings. The van der Waals surface area contributed by atoms with Gasteiger partial charge in [0.05, 0.1) is 6.61 Å². The summed E-state index contributed by atoms with van der Waals surface area (Å²) in [5.74, 6) is 1.70. The van der Waals surface area contributed by atoms with E-state index in [1.165, 1.54) is 0 Å². The smallest absolute Gasteiger partial charge is 0.253 e. The molecule has 0 N–H and O–H groups in total. The van der Waals surface area contributed by atoms with Crippen molar-refractivity contribution in [1.82, 2.24) is 14.8 Å². The number of anilines is 1. The van der Waals surface area contributed by atoms with Crippen LogP contribution in [0.4, 0.5) is 5.82 Å². The molecule has 0 spiro atoms. The Hall–Kier alpha value is -2.60. The first-order valence-electron chi connectivity index (χ1n) is 10.7. The van der Waals surface area contributed by atoms with E-state index in [1.807, 2.05) is 45.2 Å². The van der Waals surface area contributed by atoms with Gasteiger partial charge in [-0.2, -0.15) is 0 Å². The van der Waals surface area contributed by atoms with Gasteiger partial charge in [0, 0.05) is 58.1 Å². The number of carbonyl (C=O) groups is 1. The number of likely N-dealkylation sites (N-methyl/N-ethyl adjacent to an activating group) is 1. The molecule has 0 radical (unpaired) electrons. The van der Waals surface area contributed by atoms with Crippen LogP contribution in [0.1, 0.15) is 27.2 Å². The van der Waals surface area contributed by atoms with E-state index in [0.29, 0.717) is 24.5 Å². The molecule has 0 atom stereocenters. The van der Waals surface area contributed by atoms with E-state index >= 15 is 0 Å². The fourth-order valence-electron chi connectivity index (χ4n) is 3.29. The van der Waals surface area contributed by atoms with Crippen molar-refractivity contribution in [3.63, 3.8) is 0 Å². The van der Waals surface area contributed by atoms with Crippen molar-refractivity contribution < 1.29 is 9.53 Å². The monoisotopic (exact) mass is 412 g/mol. The number of amides is 1. The lowest BCUT2D eigenvalue weighted by Gasteiger charge is -2.35. The highest BCUT2D eigenvalue weighted by Crippen LogP contribution is 2.15. The van der Waals surface area contributed by atoms with Crippen LogP contribution < -0.4 is 4.90 Å². The first kappa shape index (κ1) is 23.7. The highest BCUT2D eigenvalue weighted by atomic mass is 16.5. The van der Waals surface area contributed by atoms with Crippen molar-refractivity contribution in [2.24, 2.45) is 0 Å². The lowest BCUT2D eigenvalue weighted by atomic mass is 10.1. The number of pyridine rings is 1. The molecule has 6 heteroatoms. The van der Waals surface area contributed by atoms with Gasteiger partial charge in [0.15, 0.2) is 0 Å². The Morgan fingerprint density at radius 2 is 2.00 bits per heavy atom. The Labute approximate surface area is 181 Å². The zero-order valence-electron chi connectivity index (χ0n) is 18.9. The van der Waals surface area contributed by atoms with Gasteiger partial charge in [0.1, 0.15) is 11.6 Å². The molecule has 0 aliphatic carbocycles. The summed E-state index contributed by atoms with van der Waals surface area (Å²) < 4.78 is 5.91. The number of rotatable bonds is 10. The maximum Gasteiger partial charge on any atom is 0.253 e. The van der Waals surface area contributed by atoms with Gasteiger partial charge in [0.25, 0.3) is 5.91 Å². The zero-order valence-corrected chi connectivity index (χ0v) is 18.9. The first-order valence-corrected chi connectivity index (χ1v) is 10.7. The first-order chi connectivity index (χ1) is 14.5. The molecule has 0 bridgehead atoms. The molecular weight excluding hydrogens is 376 g/mol. The van der Waals surface area contributed by atoms with E-state index in [9.17, 15) is 4.79 Å². The quantitative estimate of drug-likeness (QED) is 0.255. The highest BCUT2D eigenvalue weighted by molar-refractivity contribution is 5.96. The lowest BCUT2D eigenvalue weighted by Crippen LogP contribution is -2.47. The summed E-state index contributed by atoms with van der Waals surface area (Å²) in [4.78, 5) is 23.5. The van der Waals surface area contributed by atoms with Crippen LogP contribution in [-0.2, 0) is 9.53 Å². The van der Waals surface area contributed by atoms with Crippen LogP contribution in [0.2, 0.25) is 0 Å². The zero-order chi connectivity index (χ0) is 21.9. The van der Waals surface area contributed by atoms with E-state index in [4.69, 9.17) is 4.74 Å². The Morgan fingerprint density at radius 1 is 1.27 bits per heavy atom. The summed E-state index contributed by atoms with van der Waals surface area (Å²) in [7, 11) is 1.81. The molecule has 1 amide bonds. The fourth-order valence-corrected chi connectivity index (χ4v) is 3.29. The maximum atomic E-state index is 12.6. The maximum absolute atomic E-state index is 12.6. The van der Waals surface area contributed by atoms with Crippen molar-refractivity contribution in [3.05, 3.63) is 60.0 Å². The minimum Gasteiger partial charge on any atom is -0.494 e. The summed E-state index contributed by atoms with van der Waals surface area (Å²) >= 11 is 0. The fraction of sp³-hybridized carbons (Fsp3) is 0.500. The second kappa shape index (κ2) is 12.2. The molecule has 1 aromatic heterocycles. The number of hydrogen-bond acceptors (Lipinski definition) is 5. The van der Waals surface area contributed by atoms with Gasteiger partial charge < -0.3 is 14.5 Å². The third-order valence-corrected chi connectivity index (χ3v) is 5.31. The summed E-state index contributed by atoms with van der Waals surface area (Å²) in [5.41, 5.74) is 1.63. The summed E-state index contributed by atoms with van der Waals surface area (Å²) in [5, 5.41) is 0. The van der Waals surface area contributed by atoms with Crippen LogP contribution in [0.25, 0.3) is 0 Å². The highest BCUT2D eigenvalue weighted by Gasteiger charge is 2.17. The van der Waals surface area contributed by atoms with Crippen LogP contribution in [0.15, 0.2) is 60.0 Å².